The van der Waals surface area contributed by atoms with E-state index in [1.165, 1.54) is 24.5 Å². The Kier molecular flexibility index (Phi) is 4.86. The molecule has 1 heterocycles. The van der Waals surface area contributed by atoms with Gasteiger partial charge >= 0.3 is 0 Å². The van der Waals surface area contributed by atoms with Gasteiger partial charge in [0.2, 0.25) is 0 Å². The van der Waals surface area contributed by atoms with Crippen molar-refractivity contribution in [2.45, 2.75) is 13.1 Å². The molecule has 24 heavy (non-hydrogen) atoms. The van der Waals surface area contributed by atoms with E-state index in [-0.39, 0.29) is 12.1 Å². The lowest BCUT2D eigenvalue weighted by molar-refractivity contribution is 0.0947. The molecule has 1 aromatic heterocycles. The summed E-state index contributed by atoms with van der Waals surface area (Å²) in [5.74, 6) is -1.11. The van der Waals surface area contributed by atoms with Crippen LogP contribution in [0.5, 0.6) is 0 Å². The Morgan fingerprint density at radius 3 is 2.75 bits per heavy atom. The maximum atomic E-state index is 13.7. The van der Waals surface area contributed by atoms with Crippen molar-refractivity contribution in [3.63, 3.8) is 0 Å². The van der Waals surface area contributed by atoms with Crippen molar-refractivity contribution in [3.8, 4) is 0 Å². The number of carbonyl (C=O) groups is 1. The fourth-order valence-corrected chi connectivity index (χ4v) is 2.49. The number of hydrogen-bond acceptors (Lipinski definition) is 3. The van der Waals surface area contributed by atoms with Gasteiger partial charge in [-0.2, -0.15) is 5.10 Å². The first kappa shape index (κ1) is 16.1. The first-order chi connectivity index (χ1) is 11.6. The monoisotopic (exact) mass is 344 g/mol. The van der Waals surface area contributed by atoms with Crippen molar-refractivity contribution in [2.75, 3.05) is 0 Å². The molecule has 0 saturated carbocycles. The quantitative estimate of drug-likeness (QED) is 0.774. The second kappa shape index (κ2) is 7.23. The summed E-state index contributed by atoms with van der Waals surface area (Å²) in [7, 11) is 0. The van der Waals surface area contributed by atoms with Crippen molar-refractivity contribution in [3.05, 3.63) is 82.6 Å². The molecule has 2 aromatic carbocycles. The number of rotatable bonds is 5. The van der Waals surface area contributed by atoms with Crippen LogP contribution in [0.25, 0.3) is 0 Å². The molecule has 3 rings (SSSR count). The Hall–Kier alpha value is -2.73. The van der Waals surface area contributed by atoms with E-state index in [0.29, 0.717) is 11.6 Å². The number of aromatic nitrogens is 3. The van der Waals surface area contributed by atoms with E-state index in [0.717, 1.165) is 11.1 Å². The van der Waals surface area contributed by atoms with Gasteiger partial charge in [-0.3, -0.25) is 4.79 Å². The number of halogens is 2. The minimum Gasteiger partial charge on any atom is -0.348 e. The summed E-state index contributed by atoms with van der Waals surface area (Å²) in [6, 6.07) is 11.5. The Morgan fingerprint density at radius 2 is 2.00 bits per heavy atom. The third kappa shape index (κ3) is 3.78. The maximum Gasteiger partial charge on any atom is 0.254 e. The van der Waals surface area contributed by atoms with Crippen LogP contribution in [0.15, 0.2) is 55.1 Å². The fourth-order valence-electron chi connectivity index (χ4n) is 2.32. The summed E-state index contributed by atoms with van der Waals surface area (Å²) in [5.41, 5.74) is 1.84. The largest absolute Gasteiger partial charge is 0.348 e. The Balaban J connectivity index is 1.72. The van der Waals surface area contributed by atoms with Gasteiger partial charge in [0.25, 0.3) is 5.91 Å². The Morgan fingerprint density at radius 1 is 1.21 bits per heavy atom. The van der Waals surface area contributed by atoms with E-state index in [1.54, 1.807) is 11.0 Å². The lowest BCUT2D eigenvalue weighted by atomic mass is 10.1. The molecule has 1 N–H and O–H groups in total. The third-order valence-corrected chi connectivity index (χ3v) is 3.76. The van der Waals surface area contributed by atoms with Crippen LogP contribution in [-0.4, -0.2) is 20.7 Å². The third-order valence-electron chi connectivity index (χ3n) is 3.53. The first-order valence-corrected chi connectivity index (χ1v) is 7.64. The van der Waals surface area contributed by atoms with E-state index >= 15 is 0 Å². The number of nitrogens with one attached hydrogen (secondary N) is 1. The highest BCUT2D eigenvalue weighted by molar-refractivity contribution is 6.31. The van der Waals surface area contributed by atoms with Crippen molar-refractivity contribution < 1.29 is 9.18 Å². The molecule has 0 aliphatic rings. The number of hydrogen-bond donors (Lipinski definition) is 1. The molecule has 0 aliphatic heterocycles. The highest BCUT2D eigenvalue weighted by Gasteiger charge is 2.13. The average molecular weight is 345 g/mol. The molecule has 5 nitrogen and oxygen atoms in total. The summed E-state index contributed by atoms with van der Waals surface area (Å²) in [4.78, 5) is 16.1. The summed E-state index contributed by atoms with van der Waals surface area (Å²) in [5, 5.41) is 7.10. The summed E-state index contributed by atoms with van der Waals surface area (Å²) in [6.07, 6.45) is 3.09. The summed E-state index contributed by atoms with van der Waals surface area (Å²) in [6.45, 7) is 0.813. The number of nitrogens with zero attached hydrogens (tertiary/aromatic N) is 3. The molecule has 0 saturated heterocycles. The molecule has 0 bridgehead atoms. The lowest BCUT2D eigenvalue weighted by Gasteiger charge is -2.11. The standard InChI is InChI=1S/C17H14ClFN4O/c18-14-5-6-16(19)15(7-14)17(24)21-8-12-3-1-2-4-13(12)9-23-11-20-10-22-23/h1-7,10-11H,8-9H2,(H,21,24). The molecule has 122 valence electrons. The highest BCUT2D eigenvalue weighted by atomic mass is 35.5. The zero-order valence-electron chi connectivity index (χ0n) is 12.6. The normalized spacial score (nSPS) is 10.6. The molecule has 0 fully saturated rings. The zero-order valence-corrected chi connectivity index (χ0v) is 13.4. The predicted molar refractivity (Wildman–Crippen MR) is 88.1 cm³/mol. The molecule has 0 radical (unpaired) electrons. The minimum atomic E-state index is -0.604. The van der Waals surface area contributed by atoms with Crippen LogP contribution in [0, 0.1) is 5.82 Å². The molecular formula is C17H14ClFN4O. The van der Waals surface area contributed by atoms with Gasteiger partial charge in [-0.1, -0.05) is 35.9 Å². The second-order valence-corrected chi connectivity index (χ2v) is 5.61. The smallest absolute Gasteiger partial charge is 0.254 e. The number of benzene rings is 2. The van der Waals surface area contributed by atoms with E-state index in [9.17, 15) is 9.18 Å². The SMILES string of the molecule is O=C(NCc1ccccc1Cn1cncn1)c1cc(Cl)ccc1F. The van der Waals surface area contributed by atoms with Gasteiger partial charge in [-0.05, 0) is 29.3 Å². The molecule has 0 spiro atoms. The van der Waals surface area contributed by atoms with Gasteiger partial charge < -0.3 is 5.32 Å². The summed E-state index contributed by atoms with van der Waals surface area (Å²) >= 11 is 5.82. The van der Waals surface area contributed by atoms with Gasteiger partial charge in [-0.25, -0.2) is 14.1 Å². The zero-order chi connectivity index (χ0) is 16.9. The molecule has 3 aromatic rings. The van der Waals surface area contributed by atoms with E-state index in [1.807, 2.05) is 24.3 Å². The molecule has 1 amide bonds. The second-order valence-electron chi connectivity index (χ2n) is 5.17. The lowest BCUT2D eigenvalue weighted by Crippen LogP contribution is -2.24. The van der Waals surface area contributed by atoms with Crippen LogP contribution in [-0.2, 0) is 13.1 Å². The average Bonchev–Trinajstić information content (AvgIpc) is 3.09. The van der Waals surface area contributed by atoms with Crippen molar-refractivity contribution in [1.29, 1.82) is 0 Å². The van der Waals surface area contributed by atoms with Crippen LogP contribution in [0.1, 0.15) is 21.5 Å². The predicted octanol–water partition coefficient (Wildman–Crippen LogP) is 3.05. The molecule has 0 unspecified atom stereocenters. The Bertz CT molecular complexity index is 852. The van der Waals surface area contributed by atoms with E-state index in [2.05, 4.69) is 15.4 Å². The van der Waals surface area contributed by atoms with Crippen molar-refractivity contribution in [1.82, 2.24) is 20.1 Å². The molecule has 0 atom stereocenters. The van der Waals surface area contributed by atoms with Crippen molar-refractivity contribution in [2.24, 2.45) is 0 Å². The van der Waals surface area contributed by atoms with Gasteiger partial charge in [0.15, 0.2) is 0 Å². The van der Waals surface area contributed by atoms with E-state index in [4.69, 9.17) is 11.6 Å². The van der Waals surface area contributed by atoms with Crippen LogP contribution >= 0.6 is 11.6 Å². The molecule has 0 aliphatic carbocycles. The molecule has 7 heteroatoms. The van der Waals surface area contributed by atoms with Gasteiger partial charge in [-0.15, -0.1) is 0 Å². The fraction of sp³-hybridized carbons (Fsp3) is 0.118. The van der Waals surface area contributed by atoms with Crippen LogP contribution in [0.3, 0.4) is 0 Å². The Labute approximate surface area is 143 Å². The number of amides is 1. The van der Waals surface area contributed by atoms with Gasteiger partial charge in [0.1, 0.15) is 18.5 Å². The molecular weight excluding hydrogens is 331 g/mol. The first-order valence-electron chi connectivity index (χ1n) is 7.26. The van der Waals surface area contributed by atoms with Crippen LogP contribution < -0.4 is 5.32 Å². The van der Waals surface area contributed by atoms with Gasteiger partial charge in [0, 0.05) is 11.6 Å². The topological polar surface area (TPSA) is 59.8 Å². The van der Waals surface area contributed by atoms with Gasteiger partial charge in [0.05, 0.1) is 12.1 Å². The summed E-state index contributed by atoms with van der Waals surface area (Å²) < 4.78 is 15.4. The number of carbonyl (C=O) groups excluding carboxylic acids is 1. The van der Waals surface area contributed by atoms with E-state index < -0.39 is 11.7 Å². The maximum absolute atomic E-state index is 13.7. The minimum absolute atomic E-state index is 0.0729. The highest BCUT2D eigenvalue weighted by Crippen LogP contribution is 2.15. The van der Waals surface area contributed by atoms with Crippen LogP contribution in [0.2, 0.25) is 5.02 Å². The van der Waals surface area contributed by atoms with Crippen molar-refractivity contribution >= 4 is 17.5 Å². The van der Waals surface area contributed by atoms with Crippen LogP contribution in [0.4, 0.5) is 4.39 Å².